The number of ether oxygens (including phenoxy) is 3. The Bertz CT molecular complexity index is 864. The molecule has 0 aliphatic carbocycles. The molecule has 2 aromatic rings. The molecule has 1 atom stereocenters. The lowest BCUT2D eigenvalue weighted by Crippen LogP contribution is -2.42. The van der Waals surface area contributed by atoms with Gasteiger partial charge in [0.25, 0.3) is 0 Å². The third-order valence-electron chi connectivity index (χ3n) is 4.22. The van der Waals surface area contributed by atoms with E-state index >= 15 is 0 Å². The predicted molar refractivity (Wildman–Crippen MR) is 125 cm³/mol. The Morgan fingerprint density at radius 3 is 1.97 bits per heavy atom. The molecule has 0 fully saturated rings. The zero-order valence-corrected chi connectivity index (χ0v) is 19.9. The van der Waals surface area contributed by atoms with Gasteiger partial charge in [-0.1, -0.05) is 42.5 Å². The minimum absolute atomic E-state index is 0.242. The Morgan fingerprint density at radius 2 is 1.41 bits per heavy atom. The van der Waals surface area contributed by atoms with Gasteiger partial charge in [-0.05, 0) is 71.2 Å². The van der Waals surface area contributed by atoms with Crippen molar-refractivity contribution in [2.24, 2.45) is 0 Å². The topological polar surface area (TPSA) is 73.9 Å². The molecule has 1 amide bonds. The maximum absolute atomic E-state index is 12.3. The van der Waals surface area contributed by atoms with E-state index in [0.717, 1.165) is 11.1 Å². The highest BCUT2D eigenvalue weighted by molar-refractivity contribution is 5.89. The Balaban J connectivity index is 1.93. The van der Waals surface area contributed by atoms with E-state index < -0.39 is 17.3 Å². The highest BCUT2D eigenvalue weighted by Crippen LogP contribution is 2.14. The van der Waals surface area contributed by atoms with Gasteiger partial charge in [0.05, 0.1) is 24.8 Å². The molecule has 0 aliphatic rings. The number of nitrogens with one attached hydrogen (secondary N) is 1. The fourth-order valence-corrected chi connectivity index (χ4v) is 2.92. The van der Waals surface area contributed by atoms with Gasteiger partial charge in [0.1, 0.15) is 11.2 Å². The van der Waals surface area contributed by atoms with E-state index in [1.54, 1.807) is 12.1 Å². The van der Waals surface area contributed by atoms with Crippen LogP contribution in [0.25, 0.3) is 0 Å². The number of carbonyl (C=O) groups is 2. The summed E-state index contributed by atoms with van der Waals surface area (Å²) in [4.78, 5) is 24.4. The number of rotatable bonds is 8. The van der Waals surface area contributed by atoms with E-state index in [1.165, 1.54) is 0 Å². The van der Waals surface area contributed by atoms with Crippen LogP contribution in [0.15, 0.2) is 54.6 Å². The van der Waals surface area contributed by atoms with Gasteiger partial charge in [0, 0.05) is 0 Å². The molecule has 174 valence electrons. The Hall–Kier alpha value is -2.86. The van der Waals surface area contributed by atoms with Crippen LogP contribution in [0.5, 0.6) is 0 Å². The molecule has 0 radical (unpaired) electrons. The van der Waals surface area contributed by atoms with Crippen LogP contribution in [-0.4, -0.2) is 35.9 Å². The van der Waals surface area contributed by atoms with Crippen LogP contribution < -0.4 is 5.32 Å². The van der Waals surface area contributed by atoms with Crippen LogP contribution in [0.1, 0.15) is 63.0 Å². The first-order valence-corrected chi connectivity index (χ1v) is 10.8. The first kappa shape index (κ1) is 25.4. The SMILES string of the molecule is CC(C)(C)OC(=O)N[C@H](COCc1ccc(C(=O)OC(C)(C)C)cc1)Cc1ccccc1. The van der Waals surface area contributed by atoms with Crippen molar-refractivity contribution in [3.8, 4) is 0 Å². The summed E-state index contributed by atoms with van der Waals surface area (Å²) in [5.74, 6) is -0.352. The van der Waals surface area contributed by atoms with Gasteiger partial charge in [-0.2, -0.15) is 0 Å². The number of amides is 1. The van der Waals surface area contributed by atoms with E-state index in [1.807, 2.05) is 84.0 Å². The van der Waals surface area contributed by atoms with Crippen LogP contribution in [0, 0.1) is 0 Å². The monoisotopic (exact) mass is 441 g/mol. The molecule has 1 N–H and O–H groups in total. The summed E-state index contributed by atoms with van der Waals surface area (Å²) in [6.45, 7) is 11.7. The van der Waals surface area contributed by atoms with Crippen molar-refractivity contribution in [1.29, 1.82) is 0 Å². The summed E-state index contributed by atoms with van der Waals surface area (Å²) in [6.07, 6.45) is 0.154. The molecule has 0 spiro atoms. The van der Waals surface area contributed by atoms with Crippen molar-refractivity contribution in [3.05, 3.63) is 71.3 Å². The van der Waals surface area contributed by atoms with Crippen LogP contribution in [0.2, 0.25) is 0 Å². The number of carbonyl (C=O) groups excluding carboxylic acids is 2. The average Bonchev–Trinajstić information content (AvgIpc) is 2.66. The van der Waals surface area contributed by atoms with Crippen LogP contribution in [0.3, 0.4) is 0 Å². The smallest absolute Gasteiger partial charge is 0.407 e. The summed E-state index contributed by atoms with van der Waals surface area (Å²) in [6, 6.07) is 16.8. The van der Waals surface area contributed by atoms with Crippen molar-refractivity contribution in [1.82, 2.24) is 5.32 Å². The standard InChI is InChI=1S/C26H35NO5/c1-25(2,3)31-23(28)21-14-12-20(13-15-21)17-30-18-22(16-19-10-8-7-9-11-19)27-24(29)32-26(4,5)6/h7-15,22H,16-18H2,1-6H3,(H,27,29)/t22-/m0/s1. The number of hydrogen-bond donors (Lipinski definition) is 1. The summed E-state index contributed by atoms with van der Waals surface area (Å²) in [5, 5.41) is 2.91. The number of alkyl carbamates (subject to hydrolysis) is 1. The summed E-state index contributed by atoms with van der Waals surface area (Å²) in [7, 11) is 0. The lowest BCUT2D eigenvalue weighted by molar-refractivity contribution is 0.00691. The molecular formula is C26H35NO5. The molecular weight excluding hydrogens is 406 g/mol. The molecule has 2 aromatic carbocycles. The van der Waals surface area contributed by atoms with Gasteiger partial charge >= 0.3 is 12.1 Å². The zero-order valence-electron chi connectivity index (χ0n) is 19.9. The minimum Gasteiger partial charge on any atom is -0.456 e. The summed E-state index contributed by atoms with van der Waals surface area (Å²) < 4.78 is 16.7. The van der Waals surface area contributed by atoms with E-state index in [4.69, 9.17) is 14.2 Å². The summed E-state index contributed by atoms with van der Waals surface area (Å²) >= 11 is 0. The minimum atomic E-state index is -0.571. The Labute approximate surface area is 191 Å². The first-order valence-electron chi connectivity index (χ1n) is 10.8. The normalized spacial score (nSPS) is 12.7. The second-order valence-corrected chi connectivity index (χ2v) is 9.75. The predicted octanol–water partition coefficient (Wildman–Crippen LogP) is 5.29. The van der Waals surface area contributed by atoms with Crippen LogP contribution in [0.4, 0.5) is 4.79 Å². The zero-order chi connectivity index (χ0) is 23.8. The number of hydrogen-bond acceptors (Lipinski definition) is 5. The van der Waals surface area contributed by atoms with Crippen molar-refractivity contribution in [2.45, 2.75) is 71.8 Å². The van der Waals surface area contributed by atoms with E-state index in [-0.39, 0.29) is 12.0 Å². The lowest BCUT2D eigenvalue weighted by atomic mass is 10.1. The molecule has 0 aliphatic heterocycles. The first-order chi connectivity index (χ1) is 14.9. The van der Waals surface area contributed by atoms with Gasteiger partial charge < -0.3 is 19.5 Å². The molecule has 0 heterocycles. The largest absolute Gasteiger partial charge is 0.456 e. The highest BCUT2D eigenvalue weighted by Gasteiger charge is 2.20. The second kappa shape index (κ2) is 11.1. The van der Waals surface area contributed by atoms with Crippen molar-refractivity contribution in [2.75, 3.05) is 6.61 Å². The van der Waals surface area contributed by atoms with E-state index in [9.17, 15) is 9.59 Å². The second-order valence-electron chi connectivity index (χ2n) is 9.75. The van der Waals surface area contributed by atoms with E-state index in [0.29, 0.717) is 25.2 Å². The van der Waals surface area contributed by atoms with Crippen LogP contribution in [-0.2, 0) is 27.2 Å². The fraction of sp³-hybridized carbons (Fsp3) is 0.462. The molecule has 32 heavy (non-hydrogen) atoms. The van der Waals surface area contributed by atoms with Crippen molar-refractivity contribution < 1.29 is 23.8 Å². The van der Waals surface area contributed by atoms with E-state index in [2.05, 4.69) is 5.32 Å². The van der Waals surface area contributed by atoms with Gasteiger partial charge in [0.2, 0.25) is 0 Å². The quantitative estimate of drug-likeness (QED) is 0.563. The number of benzene rings is 2. The molecule has 0 aromatic heterocycles. The van der Waals surface area contributed by atoms with Crippen molar-refractivity contribution >= 4 is 12.1 Å². The lowest BCUT2D eigenvalue weighted by Gasteiger charge is -2.24. The maximum atomic E-state index is 12.3. The molecule has 2 rings (SSSR count). The maximum Gasteiger partial charge on any atom is 0.407 e. The molecule has 0 bridgehead atoms. The average molecular weight is 442 g/mol. The molecule has 0 saturated heterocycles. The molecule has 6 heteroatoms. The van der Waals surface area contributed by atoms with Crippen LogP contribution >= 0.6 is 0 Å². The Kier molecular flexibility index (Phi) is 8.84. The molecule has 0 unspecified atom stereocenters. The van der Waals surface area contributed by atoms with Gasteiger partial charge in [-0.15, -0.1) is 0 Å². The third-order valence-corrected chi connectivity index (χ3v) is 4.22. The van der Waals surface area contributed by atoms with Crippen molar-refractivity contribution in [3.63, 3.8) is 0 Å². The van der Waals surface area contributed by atoms with Gasteiger partial charge in [0.15, 0.2) is 0 Å². The van der Waals surface area contributed by atoms with Gasteiger partial charge in [-0.3, -0.25) is 0 Å². The number of esters is 1. The highest BCUT2D eigenvalue weighted by atomic mass is 16.6. The van der Waals surface area contributed by atoms with Gasteiger partial charge in [-0.25, -0.2) is 9.59 Å². The third kappa shape index (κ3) is 9.96. The summed E-state index contributed by atoms with van der Waals surface area (Å²) in [5.41, 5.74) is 1.41. The Morgan fingerprint density at radius 1 is 0.812 bits per heavy atom. The molecule has 0 saturated carbocycles. The fourth-order valence-electron chi connectivity index (χ4n) is 2.92. The molecule has 6 nitrogen and oxygen atoms in total.